The number of amides is 2. The molecule has 0 aliphatic heterocycles. The Kier molecular flexibility index (Phi) is 3.63. The Morgan fingerprint density at radius 2 is 1.93 bits per heavy atom. The van der Waals surface area contributed by atoms with Gasteiger partial charge in [0, 0.05) is 5.56 Å². The Balaban J connectivity index is 2.40. The summed E-state index contributed by atoms with van der Waals surface area (Å²) in [5.41, 5.74) is 7.35. The van der Waals surface area contributed by atoms with Gasteiger partial charge in [-0.3, -0.25) is 14.4 Å². The SMILES string of the molecule is NC(=O)CONC(=O)c1ccccc1. The molecular weight excluding hydrogens is 184 g/mol. The van der Waals surface area contributed by atoms with Crippen LogP contribution in [0.4, 0.5) is 0 Å². The summed E-state index contributed by atoms with van der Waals surface area (Å²) in [7, 11) is 0. The summed E-state index contributed by atoms with van der Waals surface area (Å²) in [6, 6.07) is 8.50. The smallest absolute Gasteiger partial charge is 0.274 e. The summed E-state index contributed by atoms with van der Waals surface area (Å²) >= 11 is 0. The van der Waals surface area contributed by atoms with E-state index in [1.165, 1.54) is 0 Å². The number of primary amides is 1. The van der Waals surface area contributed by atoms with Gasteiger partial charge in [0.25, 0.3) is 5.91 Å². The summed E-state index contributed by atoms with van der Waals surface area (Å²) in [5.74, 6) is -1.05. The van der Waals surface area contributed by atoms with Crippen LogP contribution in [-0.2, 0) is 9.63 Å². The van der Waals surface area contributed by atoms with Gasteiger partial charge in [0.05, 0.1) is 0 Å². The van der Waals surface area contributed by atoms with Crippen LogP contribution in [0.1, 0.15) is 10.4 Å². The van der Waals surface area contributed by atoms with E-state index in [-0.39, 0.29) is 6.61 Å². The van der Waals surface area contributed by atoms with Crippen molar-refractivity contribution < 1.29 is 14.4 Å². The third-order valence-corrected chi connectivity index (χ3v) is 1.42. The molecule has 0 unspecified atom stereocenters. The number of nitrogens with two attached hydrogens (primary N) is 1. The molecule has 0 spiro atoms. The number of nitrogens with one attached hydrogen (secondary N) is 1. The van der Waals surface area contributed by atoms with Gasteiger partial charge in [-0.25, -0.2) is 5.48 Å². The second kappa shape index (κ2) is 4.98. The van der Waals surface area contributed by atoms with E-state index < -0.39 is 11.8 Å². The molecule has 1 aromatic carbocycles. The van der Waals surface area contributed by atoms with Gasteiger partial charge in [-0.05, 0) is 12.1 Å². The molecule has 74 valence electrons. The highest BCUT2D eigenvalue weighted by Crippen LogP contribution is 1.97. The van der Waals surface area contributed by atoms with Gasteiger partial charge in [-0.2, -0.15) is 0 Å². The topological polar surface area (TPSA) is 81.4 Å². The average molecular weight is 194 g/mol. The average Bonchev–Trinajstić information content (AvgIpc) is 2.18. The Labute approximate surface area is 80.8 Å². The largest absolute Gasteiger partial charge is 0.368 e. The molecule has 0 bridgehead atoms. The molecule has 0 saturated carbocycles. The lowest BCUT2D eigenvalue weighted by Crippen LogP contribution is -2.29. The van der Waals surface area contributed by atoms with E-state index in [2.05, 4.69) is 10.3 Å². The van der Waals surface area contributed by atoms with E-state index in [9.17, 15) is 9.59 Å². The standard InChI is InChI=1S/C9H10N2O3/c10-8(12)6-14-11-9(13)7-4-2-1-3-5-7/h1-5H,6H2,(H2,10,12)(H,11,13). The van der Waals surface area contributed by atoms with E-state index in [4.69, 9.17) is 5.73 Å². The summed E-state index contributed by atoms with van der Waals surface area (Å²) in [4.78, 5) is 26.0. The minimum atomic E-state index is -0.640. The molecule has 1 rings (SSSR count). The maximum atomic E-state index is 11.2. The van der Waals surface area contributed by atoms with Crippen molar-refractivity contribution in [2.24, 2.45) is 5.73 Å². The first-order valence-electron chi connectivity index (χ1n) is 3.95. The zero-order valence-corrected chi connectivity index (χ0v) is 7.40. The number of carbonyl (C=O) groups excluding carboxylic acids is 2. The van der Waals surface area contributed by atoms with Crippen LogP contribution in [-0.4, -0.2) is 18.4 Å². The highest BCUT2D eigenvalue weighted by atomic mass is 16.7. The number of hydrogen-bond acceptors (Lipinski definition) is 3. The lowest BCUT2D eigenvalue weighted by molar-refractivity contribution is -0.124. The number of hydroxylamine groups is 1. The van der Waals surface area contributed by atoms with Crippen molar-refractivity contribution in [3.8, 4) is 0 Å². The van der Waals surface area contributed by atoms with Crippen LogP contribution in [0.15, 0.2) is 30.3 Å². The van der Waals surface area contributed by atoms with Crippen LogP contribution in [0, 0.1) is 0 Å². The Morgan fingerprint density at radius 1 is 1.29 bits per heavy atom. The molecule has 14 heavy (non-hydrogen) atoms. The predicted molar refractivity (Wildman–Crippen MR) is 49.1 cm³/mol. The van der Waals surface area contributed by atoms with E-state index in [0.29, 0.717) is 5.56 Å². The summed E-state index contributed by atoms with van der Waals surface area (Å²) in [5, 5.41) is 0. The predicted octanol–water partition coefficient (Wildman–Crippen LogP) is -0.167. The van der Waals surface area contributed by atoms with Gasteiger partial charge in [0.1, 0.15) is 0 Å². The fraction of sp³-hybridized carbons (Fsp3) is 0.111. The van der Waals surface area contributed by atoms with E-state index in [1.807, 2.05) is 0 Å². The van der Waals surface area contributed by atoms with Crippen molar-refractivity contribution in [3.63, 3.8) is 0 Å². The molecule has 0 atom stereocenters. The van der Waals surface area contributed by atoms with Crippen molar-refractivity contribution >= 4 is 11.8 Å². The number of rotatable bonds is 4. The minimum absolute atomic E-state index is 0.335. The molecular formula is C9H10N2O3. The van der Waals surface area contributed by atoms with Crippen LogP contribution < -0.4 is 11.2 Å². The molecule has 0 fully saturated rings. The van der Waals surface area contributed by atoms with Gasteiger partial charge in [-0.1, -0.05) is 18.2 Å². The Hall–Kier alpha value is -1.88. The summed E-state index contributed by atoms with van der Waals surface area (Å²) in [6.07, 6.45) is 0. The second-order valence-electron chi connectivity index (χ2n) is 2.55. The lowest BCUT2D eigenvalue weighted by atomic mass is 10.2. The zero-order chi connectivity index (χ0) is 10.4. The third kappa shape index (κ3) is 3.24. The minimum Gasteiger partial charge on any atom is -0.368 e. The monoisotopic (exact) mass is 194 g/mol. The lowest BCUT2D eigenvalue weighted by Gasteiger charge is -2.03. The van der Waals surface area contributed by atoms with E-state index >= 15 is 0 Å². The Bertz CT molecular complexity index is 324. The van der Waals surface area contributed by atoms with Gasteiger partial charge in [-0.15, -0.1) is 0 Å². The Morgan fingerprint density at radius 3 is 2.50 bits per heavy atom. The molecule has 0 saturated heterocycles. The third-order valence-electron chi connectivity index (χ3n) is 1.42. The van der Waals surface area contributed by atoms with Gasteiger partial charge in [0.15, 0.2) is 6.61 Å². The van der Waals surface area contributed by atoms with Gasteiger partial charge >= 0.3 is 0 Å². The van der Waals surface area contributed by atoms with E-state index in [1.54, 1.807) is 30.3 Å². The molecule has 0 aliphatic carbocycles. The van der Waals surface area contributed by atoms with Crippen LogP contribution in [0.25, 0.3) is 0 Å². The number of benzene rings is 1. The zero-order valence-electron chi connectivity index (χ0n) is 7.40. The summed E-state index contributed by atoms with van der Waals surface area (Å²) in [6.45, 7) is -0.335. The normalized spacial score (nSPS) is 9.43. The van der Waals surface area contributed by atoms with Crippen LogP contribution >= 0.6 is 0 Å². The first-order chi connectivity index (χ1) is 6.70. The van der Waals surface area contributed by atoms with Crippen LogP contribution in [0.3, 0.4) is 0 Å². The molecule has 1 aromatic rings. The first-order valence-corrected chi connectivity index (χ1v) is 3.95. The molecule has 5 heteroatoms. The van der Waals surface area contributed by atoms with Gasteiger partial charge in [0.2, 0.25) is 5.91 Å². The molecule has 2 amide bonds. The molecule has 3 N–H and O–H groups in total. The van der Waals surface area contributed by atoms with Gasteiger partial charge < -0.3 is 5.73 Å². The fourth-order valence-corrected chi connectivity index (χ4v) is 0.821. The fourth-order valence-electron chi connectivity index (χ4n) is 0.821. The van der Waals surface area contributed by atoms with Crippen molar-refractivity contribution in [3.05, 3.63) is 35.9 Å². The van der Waals surface area contributed by atoms with Crippen LogP contribution in [0.2, 0.25) is 0 Å². The molecule has 0 radical (unpaired) electrons. The molecule has 0 heterocycles. The maximum Gasteiger partial charge on any atom is 0.274 e. The number of carbonyl (C=O) groups is 2. The molecule has 5 nitrogen and oxygen atoms in total. The first kappa shape index (κ1) is 10.2. The second-order valence-corrected chi connectivity index (χ2v) is 2.55. The molecule has 0 aliphatic rings. The quantitative estimate of drug-likeness (QED) is 0.653. The summed E-state index contributed by atoms with van der Waals surface area (Å²) < 4.78 is 0. The highest BCUT2D eigenvalue weighted by Gasteiger charge is 2.03. The maximum absolute atomic E-state index is 11.2. The van der Waals surface area contributed by atoms with Crippen molar-refractivity contribution in [1.29, 1.82) is 0 Å². The van der Waals surface area contributed by atoms with Crippen molar-refractivity contribution in [2.75, 3.05) is 6.61 Å². The number of hydrogen-bond donors (Lipinski definition) is 2. The van der Waals surface area contributed by atoms with Crippen LogP contribution in [0.5, 0.6) is 0 Å². The molecule has 0 aromatic heterocycles. The van der Waals surface area contributed by atoms with E-state index in [0.717, 1.165) is 0 Å². The van der Waals surface area contributed by atoms with Crippen molar-refractivity contribution in [2.45, 2.75) is 0 Å². The highest BCUT2D eigenvalue weighted by molar-refractivity contribution is 5.93. The van der Waals surface area contributed by atoms with Crippen molar-refractivity contribution in [1.82, 2.24) is 5.48 Å².